The first-order valence-electron chi connectivity index (χ1n) is 7.31. The highest BCUT2D eigenvalue weighted by atomic mass is 79.9. The van der Waals surface area contributed by atoms with E-state index in [1.54, 1.807) is 0 Å². The van der Waals surface area contributed by atoms with E-state index in [1.165, 1.54) is 11.1 Å². The fraction of sp³-hybridized carbons (Fsp3) is 0.222. The zero-order chi connectivity index (χ0) is 15.3. The molecule has 1 aliphatic heterocycles. The quantitative estimate of drug-likeness (QED) is 0.538. The number of rotatable bonds is 1. The van der Waals surface area contributed by atoms with E-state index in [-0.39, 0.29) is 6.04 Å². The lowest BCUT2D eigenvalue weighted by Gasteiger charge is -2.38. The van der Waals surface area contributed by atoms with Gasteiger partial charge < -0.3 is 5.32 Å². The van der Waals surface area contributed by atoms with E-state index in [9.17, 15) is 0 Å². The van der Waals surface area contributed by atoms with Gasteiger partial charge in [0.15, 0.2) is 0 Å². The van der Waals surface area contributed by atoms with Crippen LogP contribution in [0.1, 0.15) is 29.5 Å². The SMILES string of the molecule is Clc1ccc2c(c1Cl)N[C@H](c1ccc(Br)cc1)[C@H]1CC=C[C@H]21. The van der Waals surface area contributed by atoms with Crippen molar-refractivity contribution in [3.05, 3.63) is 74.2 Å². The predicted octanol–water partition coefficient (Wildman–Crippen LogP) is 6.58. The zero-order valence-electron chi connectivity index (χ0n) is 11.7. The molecular weight excluding hydrogens is 381 g/mol. The summed E-state index contributed by atoms with van der Waals surface area (Å²) in [6.07, 6.45) is 5.67. The van der Waals surface area contributed by atoms with Gasteiger partial charge in [-0.25, -0.2) is 0 Å². The van der Waals surface area contributed by atoms with Crippen molar-refractivity contribution in [2.75, 3.05) is 5.32 Å². The summed E-state index contributed by atoms with van der Waals surface area (Å²) in [4.78, 5) is 0. The Kier molecular flexibility index (Phi) is 3.72. The Morgan fingerprint density at radius 3 is 2.59 bits per heavy atom. The lowest BCUT2D eigenvalue weighted by Crippen LogP contribution is -2.29. The van der Waals surface area contributed by atoms with Gasteiger partial charge in [0, 0.05) is 10.4 Å². The molecule has 0 amide bonds. The van der Waals surface area contributed by atoms with Gasteiger partial charge in [-0.05, 0) is 41.7 Å². The van der Waals surface area contributed by atoms with E-state index >= 15 is 0 Å². The van der Waals surface area contributed by atoms with Gasteiger partial charge in [0.2, 0.25) is 0 Å². The summed E-state index contributed by atoms with van der Waals surface area (Å²) < 4.78 is 1.09. The number of nitrogens with one attached hydrogen (secondary N) is 1. The minimum absolute atomic E-state index is 0.247. The van der Waals surface area contributed by atoms with Gasteiger partial charge in [-0.1, -0.05) is 69.5 Å². The molecule has 2 aromatic rings. The van der Waals surface area contributed by atoms with Crippen LogP contribution in [0.15, 0.2) is 53.0 Å². The second kappa shape index (κ2) is 5.59. The molecule has 1 N–H and O–H groups in total. The smallest absolute Gasteiger partial charge is 0.0826 e. The summed E-state index contributed by atoms with van der Waals surface area (Å²) in [6, 6.07) is 12.8. The van der Waals surface area contributed by atoms with Crippen LogP contribution < -0.4 is 5.32 Å². The average Bonchev–Trinajstić information content (AvgIpc) is 3.01. The summed E-state index contributed by atoms with van der Waals surface area (Å²) in [5.41, 5.74) is 3.51. The first-order valence-corrected chi connectivity index (χ1v) is 8.86. The van der Waals surface area contributed by atoms with Crippen molar-refractivity contribution in [1.82, 2.24) is 0 Å². The van der Waals surface area contributed by atoms with E-state index in [1.807, 2.05) is 6.07 Å². The standard InChI is InChI=1S/C18H14BrCl2N/c19-11-6-4-10(5-7-11)17-13-3-1-2-12(13)14-8-9-15(20)16(21)18(14)22-17/h1-2,4-9,12-13,17,22H,3H2/t12-,13-,17+/m0/s1. The molecule has 2 aliphatic rings. The molecule has 3 atom stereocenters. The van der Waals surface area contributed by atoms with E-state index in [0.717, 1.165) is 16.6 Å². The summed E-state index contributed by atoms with van der Waals surface area (Å²) >= 11 is 16.2. The van der Waals surface area contributed by atoms with Gasteiger partial charge >= 0.3 is 0 Å². The summed E-state index contributed by atoms with van der Waals surface area (Å²) in [5.74, 6) is 0.922. The summed E-state index contributed by atoms with van der Waals surface area (Å²) in [5, 5.41) is 4.87. The van der Waals surface area contributed by atoms with Crippen molar-refractivity contribution in [2.45, 2.75) is 18.4 Å². The fourth-order valence-corrected chi connectivity index (χ4v) is 4.25. The number of benzene rings is 2. The highest BCUT2D eigenvalue weighted by Gasteiger charge is 2.38. The zero-order valence-corrected chi connectivity index (χ0v) is 14.8. The van der Waals surface area contributed by atoms with Crippen LogP contribution in [0.25, 0.3) is 0 Å². The van der Waals surface area contributed by atoms with Crippen LogP contribution in [0.2, 0.25) is 10.0 Å². The molecule has 4 heteroatoms. The number of fused-ring (bicyclic) bond motifs is 3. The van der Waals surface area contributed by atoms with Crippen LogP contribution in [0.5, 0.6) is 0 Å². The molecule has 0 fully saturated rings. The molecule has 0 aromatic heterocycles. The molecule has 22 heavy (non-hydrogen) atoms. The third-order valence-electron chi connectivity index (χ3n) is 4.66. The predicted molar refractivity (Wildman–Crippen MR) is 97.0 cm³/mol. The Morgan fingerprint density at radius 2 is 1.82 bits per heavy atom. The van der Waals surface area contributed by atoms with Crippen molar-refractivity contribution in [3.63, 3.8) is 0 Å². The molecule has 0 saturated carbocycles. The molecule has 0 saturated heterocycles. The maximum Gasteiger partial charge on any atom is 0.0826 e. The Morgan fingerprint density at radius 1 is 1.05 bits per heavy atom. The van der Waals surface area contributed by atoms with Gasteiger partial charge in [-0.3, -0.25) is 0 Å². The van der Waals surface area contributed by atoms with Crippen LogP contribution in [-0.4, -0.2) is 0 Å². The molecule has 0 bridgehead atoms. The van der Waals surface area contributed by atoms with Crippen molar-refractivity contribution in [1.29, 1.82) is 0 Å². The average molecular weight is 395 g/mol. The molecule has 0 radical (unpaired) electrons. The van der Waals surface area contributed by atoms with Gasteiger partial charge in [0.25, 0.3) is 0 Å². The van der Waals surface area contributed by atoms with Crippen LogP contribution in [0.4, 0.5) is 5.69 Å². The lowest BCUT2D eigenvalue weighted by molar-refractivity contribution is 0.425. The number of hydrogen-bond acceptors (Lipinski definition) is 1. The number of halogens is 3. The molecule has 2 aromatic carbocycles. The van der Waals surface area contributed by atoms with Crippen LogP contribution in [0, 0.1) is 5.92 Å². The summed E-state index contributed by atoms with van der Waals surface area (Å²) in [7, 11) is 0. The number of allylic oxidation sites excluding steroid dienone is 2. The molecular formula is C18H14BrCl2N. The first kappa shape index (κ1) is 14.6. The largest absolute Gasteiger partial charge is 0.376 e. The normalized spacial score (nSPS) is 25.5. The van der Waals surface area contributed by atoms with Crippen LogP contribution in [-0.2, 0) is 0 Å². The second-order valence-corrected chi connectivity index (χ2v) is 7.55. The Hall–Kier alpha value is -0.960. The van der Waals surface area contributed by atoms with E-state index < -0.39 is 0 Å². The third kappa shape index (κ3) is 2.29. The maximum atomic E-state index is 6.45. The lowest BCUT2D eigenvalue weighted by atomic mass is 9.77. The van der Waals surface area contributed by atoms with Gasteiger partial charge in [-0.15, -0.1) is 0 Å². The third-order valence-corrected chi connectivity index (χ3v) is 5.99. The van der Waals surface area contributed by atoms with Crippen molar-refractivity contribution in [2.24, 2.45) is 5.92 Å². The number of anilines is 1. The Bertz CT molecular complexity index is 754. The Balaban J connectivity index is 1.82. The minimum Gasteiger partial charge on any atom is -0.376 e. The van der Waals surface area contributed by atoms with E-state index in [4.69, 9.17) is 23.2 Å². The highest BCUT2D eigenvalue weighted by Crippen LogP contribution is 2.52. The van der Waals surface area contributed by atoms with Gasteiger partial charge in [-0.2, -0.15) is 0 Å². The van der Waals surface area contributed by atoms with E-state index in [0.29, 0.717) is 21.9 Å². The van der Waals surface area contributed by atoms with Crippen molar-refractivity contribution >= 4 is 44.8 Å². The second-order valence-electron chi connectivity index (χ2n) is 5.85. The van der Waals surface area contributed by atoms with Crippen molar-refractivity contribution in [3.8, 4) is 0 Å². The molecule has 0 unspecified atom stereocenters. The molecule has 4 rings (SSSR count). The van der Waals surface area contributed by atoms with Crippen molar-refractivity contribution < 1.29 is 0 Å². The van der Waals surface area contributed by atoms with Gasteiger partial charge in [0.05, 0.1) is 21.8 Å². The Labute approximate surface area is 148 Å². The molecule has 1 aliphatic carbocycles. The van der Waals surface area contributed by atoms with Gasteiger partial charge in [0.1, 0.15) is 0 Å². The van der Waals surface area contributed by atoms with Crippen LogP contribution in [0.3, 0.4) is 0 Å². The minimum atomic E-state index is 0.247. The maximum absolute atomic E-state index is 6.45. The monoisotopic (exact) mass is 393 g/mol. The van der Waals surface area contributed by atoms with Crippen LogP contribution >= 0.6 is 39.1 Å². The molecule has 0 spiro atoms. The summed E-state index contributed by atoms with van der Waals surface area (Å²) in [6.45, 7) is 0. The first-order chi connectivity index (χ1) is 10.6. The molecule has 1 nitrogen and oxygen atoms in total. The fourth-order valence-electron chi connectivity index (χ4n) is 3.60. The topological polar surface area (TPSA) is 12.0 Å². The molecule has 112 valence electrons. The van der Waals surface area contributed by atoms with E-state index in [2.05, 4.69) is 63.7 Å². The molecule has 1 heterocycles. The number of hydrogen-bond donors (Lipinski definition) is 1. The highest BCUT2D eigenvalue weighted by molar-refractivity contribution is 9.10.